The molecule has 0 radical (unpaired) electrons. The first kappa shape index (κ1) is 34.0. The molecule has 0 atom stereocenters. The number of rotatable bonds is 6. The van der Waals surface area contributed by atoms with Gasteiger partial charge < -0.3 is 10.2 Å². The van der Waals surface area contributed by atoms with Gasteiger partial charge in [0.05, 0.1) is 12.2 Å². The van der Waals surface area contributed by atoms with Gasteiger partial charge in [-0.2, -0.15) is 0 Å². The number of hydrogen-bond acceptors (Lipinski definition) is 6. The van der Waals surface area contributed by atoms with Crippen LogP contribution in [0.3, 0.4) is 0 Å². The van der Waals surface area contributed by atoms with Gasteiger partial charge in [-0.15, -0.1) is 0 Å². The van der Waals surface area contributed by atoms with Crippen LogP contribution < -0.4 is 0 Å². The molecule has 140 valence electrons. The summed E-state index contributed by atoms with van der Waals surface area (Å²) < 4.78 is 0. The van der Waals surface area contributed by atoms with Crippen LogP contribution in [0.25, 0.3) is 0 Å². The van der Waals surface area contributed by atoms with Crippen LogP contribution in [-0.4, -0.2) is 44.9 Å². The maximum atomic E-state index is 9.60. The van der Waals surface area contributed by atoms with Crippen molar-refractivity contribution >= 4 is 11.9 Å². The molecular formula is C14H32O8Ti. The summed E-state index contributed by atoms with van der Waals surface area (Å²) in [4.78, 5) is 26.7. The Bertz CT molecular complexity index is 211. The molecule has 0 spiro atoms. The summed E-state index contributed by atoms with van der Waals surface area (Å²) in [5.41, 5.74) is 0. The van der Waals surface area contributed by atoms with Crippen molar-refractivity contribution in [3.8, 4) is 0 Å². The second-order valence-electron chi connectivity index (χ2n) is 4.60. The molecule has 0 aromatic carbocycles. The molecule has 0 saturated heterocycles. The molecule has 0 aliphatic heterocycles. The molecular weight excluding hydrogens is 344 g/mol. The number of carbonyl (C=O) groups is 2. The van der Waals surface area contributed by atoms with Crippen LogP contribution in [0.1, 0.15) is 67.2 Å². The Morgan fingerprint density at radius 2 is 0.957 bits per heavy atom. The van der Waals surface area contributed by atoms with Gasteiger partial charge in [0.2, 0.25) is 0 Å². The molecule has 0 heterocycles. The molecule has 0 aromatic heterocycles. The molecule has 0 aromatic rings. The average Bonchev–Trinajstić information content (AvgIpc) is 2.40. The molecule has 0 aliphatic rings. The van der Waals surface area contributed by atoms with Crippen molar-refractivity contribution in [1.82, 2.24) is 0 Å². The minimum Gasteiger partial charge on any atom is -0.481 e. The standard InChI is InChI=1S/2C4H8O2.2C3H8O2.Ti/c2*1-2-3-4(5)6;2*1-3(2)5-4;/h2*2-3H2,1H3,(H,5,6);2*3-4H,1-2H3;. The topological polar surface area (TPSA) is 134 Å². The Morgan fingerprint density at radius 1 is 0.783 bits per heavy atom. The second-order valence-corrected chi connectivity index (χ2v) is 4.60. The summed E-state index contributed by atoms with van der Waals surface area (Å²) in [5, 5.41) is 31.1. The van der Waals surface area contributed by atoms with E-state index in [-0.39, 0.29) is 33.9 Å². The van der Waals surface area contributed by atoms with Gasteiger partial charge in [0.1, 0.15) is 0 Å². The monoisotopic (exact) mass is 376 g/mol. The maximum Gasteiger partial charge on any atom is 0.303 e. The Hall–Kier alpha value is -0.506. The maximum absolute atomic E-state index is 9.60. The van der Waals surface area contributed by atoms with E-state index >= 15 is 0 Å². The summed E-state index contributed by atoms with van der Waals surface area (Å²) in [6.07, 6.45) is 1.93. The van der Waals surface area contributed by atoms with Crippen LogP contribution in [0.15, 0.2) is 0 Å². The average molecular weight is 376 g/mol. The van der Waals surface area contributed by atoms with Crippen LogP contribution in [0.2, 0.25) is 0 Å². The Balaban J connectivity index is -0.0000000620. The molecule has 0 rings (SSSR count). The van der Waals surface area contributed by atoms with E-state index in [0.29, 0.717) is 12.8 Å². The van der Waals surface area contributed by atoms with Gasteiger partial charge in [-0.25, -0.2) is 9.78 Å². The number of hydrogen-bond donors (Lipinski definition) is 4. The number of carboxylic acids is 2. The third-order valence-electron chi connectivity index (χ3n) is 1.35. The van der Waals surface area contributed by atoms with E-state index in [0.717, 1.165) is 12.8 Å². The third kappa shape index (κ3) is 90.6. The SMILES string of the molecule is CC(C)OO.CC(C)OO.CCCC(=O)O.CCCC(=O)O.[Ti]. The van der Waals surface area contributed by atoms with Crippen molar-refractivity contribution in [2.75, 3.05) is 0 Å². The quantitative estimate of drug-likeness (QED) is 0.314. The van der Waals surface area contributed by atoms with Gasteiger partial charge in [-0.3, -0.25) is 20.1 Å². The first-order valence-electron chi connectivity index (χ1n) is 7.12. The predicted octanol–water partition coefficient (Wildman–Crippen LogP) is 3.51. The number of aliphatic carboxylic acids is 2. The zero-order chi connectivity index (χ0) is 18.6. The van der Waals surface area contributed by atoms with Crippen molar-refractivity contribution in [2.45, 2.75) is 79.4 Å². The normalized spacial score (nSPS) is 8.43. The van der Waals surface area contributed by atoms with E-state index in [2.05, 4.69) is 9.78 Å². The molecule has 0 unspecified atom stereocenters. The second kappa shape index (κ2) is 29.5. The summed E-state index contributed by atoms with van der Waals surface area (Å²) in [5.74, 6) is -1.42. The van der Waals surface area contributed by atoms with Gasteiger partial charge >= 0.3 is 11.9 Å². The molecule has 9 heteroatoms. The van der Waals surface area contributed by atoms with Gasteiger partial charge in [0.25, 0.3) is 0 Å². The summed E-state index contributed by atoms with van der Waals surface area (Å²) >= 11 is 0. The fourth-order valence-corrected chi connectivity index (χ4v) is 0.428. The predicted molar refractivity (Wildman–Crippen MR) is 82.8 cm³/mol. The molecule has 0 fully saturated rings. The molecule has 0 amide bonds. The fourth-order valence-electron chi connectivity index (χ4n) is 0.428. The Morgan fingerprint density at radius 3 is 0.957 bits per heavy atom. The zero-order valence-corrected chi connectivity index (χ0v) is 16.5. The smallest absolute Gasteiger partial charge is 0.303 e. The molecule has 0 saturated carbocycles. The molecule has 4 N–H and O–H groups in total. The van der Waals surface area contributed by atoms with Crippen LogP contribution >= 0.6 is 0 Å². The Kier molecular flexibility index (Phi) is 43.6. The van der Waals surface area contributed by atoms with Gasteiger partial charge in [-0.05, 0) is 40.5 Å². The number of carboxylic acid groups (broad SMARTS) is 2. The van der Waals surface area contributed by atoms with Crippen LogP contribution in [0, 0.1) is 0 Å². The minimum absolute atomic E-state index is 0. The molecule has 23 heavy (non-hydrogen) atoms. The summed E-state index contributed by atoms with van der Waals surface area (Å²) in [6.45, 7) is 10.7. The van der Waals surface area contributed by atoms with Crippen LogP contribution in [0.5, 0.6) is 0 Å². The molecule has 0 bridgehead atoms. The van der Waals surface area contributed by atoms with Crippen molar-refractivity contribution in [1.29, 1.82) is 0 Å². The summed E-state index contributed by atoms with van der Waals surface area (Å²) in [6, 6.07) is 0. The van der Waals surface area contributed by atoms with E-state index in [1.807, 2.05) is 13.8 Å². The van der Waals surface area contributed by atoms with Crippen LogP contribution in [0.4, 0.5) is 0 Å². The van der Waals surface area contributed by atoms with Crippen molar-refractivity contribution in [3.63, 3.8) is 0 Å². The van der Waals surface area contributed by atoms with Crippen molar-refractivity contribution in [2.24, 2.45) is 0 Å². The fraction of sp³-hybridized carbons (Fsp3) is 0.857. The first-order chi connectivity index (χ1) is 10.1. The van der Waals surface area contributed by atoms with E-state index in [4.69, 9.17) is 20.7 Å². The van der Waals surface area contributed by atoms with E-state index in [9.17, 15) is 9.59 Å². The molecule has 8 nitrogen and oxygen atoms in total. The van der Waals surface area contributed by atoms with E-state index < -0.39 is 11.9 Å². The minimum atomic E-state index is -0.711. The third-order valence-corrected chi connectivity index (χ3v) is 1.35. The summed E-state index contributed by atoms with van der Waals surface area (Å²) in [7, 11) is 0. The van der Waals surface area contributed by atoms with Gasteiger partial charge in [-0.1, -0.05) is 13.8 Å². The van der Waals surface area contributed by atoms with Gasteiger partial charge in [0.15, 0.2) is 0 Å². The Labute approximate surface area is 153 Å². The first-order valence-corrected chi connectivity index (χ1v) is 7.12. The van der Waals surface area contributed by atoms with Crippen molar-refractivity contribution in [3.05, 3.63) is 0 Å². The van der Waals surface area contributed by atoms with Gasteiger partial charge in [0, 0.05) is 34.6 Å². The largest absolute Gasteiger partial charge is 0.481 e. The zero-order valence-electron chi connectivity index (χ0n) is 14.9. The molecule has 0 aliphatic carbocycles. The van der Waals surface area contributed by atoms with E-state index in [1.54, 1.807) is 27.7 Å². The van der Waals surface area contributed by atoms with Crippen molar-refractivity contribution < 1.29 is 61.8 Å². The van der Waals surface area contributed by atoms with Crippen LogP contribution in [-0.2, 0) is 41.1 Å². The van der Waals surface area contributed by atoms with E-state index in [1.165, 1.54) is 0 Å².